The molecule has 0 atom stereocenters. The van der Waals surface area contributed by atoms with Gasteiger partial charge in [0.15, 0.2) is 11.5 Å². The summed E-state index contributed by atoms with van der Waals surface area (Å²) in [6, 6.07) is 14.0. The predicted octanol–water partition coefficient (Wildman–Crippen LogP) is 4.10. The van der Waals surface area contributed by atoms with Crippen molar-refractivity contribution in [3.05, 3.63) is 53.0 Å². The monoisotopic (exact) mass is 382 g/mol. The normalized spacial score (nSPS) is 12.9. The summed E-state index contributed by atoms with van der Waals surface area (Å²) in [5.74, 6) is 1.60. The van der Waals surface area contributed by atoms with Crippen LogP contribution < -0.4 is 14.8 Å². The number of carbonyl (C=O) groups excluding carboxylic acids is 1. The van der Waals surface area contributed by atoms with E-state index in [9.17, 15) is 4.79 Å². The van der Waals surface area contributed by atoms with Gasteiger partial charge in [0.05, 0.1) is 15.2 Å². The molecule has 140 valence electrons. The highest BCUT2D eigenvalue weighted by atomic mass is 32.1. The quantitative estimate of drug-likeness (QED) is 0.625. The average Bonchev–Trinajstić information content (AvgIpc) is 3.12. The Balaban J connectivity index is 1.18. The summed E-state index contributed by atoms with van der Waals surface area (Å²) in [5, 5.41) is 4.12. The number of rotatable bonds is 7. The van der Waals surface area contributed by atoms with Gasteiger partial charge in [0.25, 0.3) is 0 Å². The Hall–Kier alpha value is -2.60. The van der Waals surface area contributed by atoms with E-state index in [2.05, 4.69) is 16.4 Å². The molecule has 27 heavy (non-hydrogen) atoms. The highest BCUT2D eigenvalue weighted by Gasteiger charge is 2.12. The summed E-state index contributed by atoms with van der Waals surface area (Å²) in [6.07, 6.45) is 3.30. The summed E-state index contributed by atoms with van der Waals surface area (Å²) >= 11 is 1.74. The summed E-state index contributed by atoms with van der Waals surface area (Å²) in [6.45, 7) is 1.66. The number of nitrogens with zero attached hydrogens (tertiary/aromatic N) is 1. The van der Waals surface area contributed by atoms with E-state index in [1.54, 1.807) is 11.3 Å². The number of nitrogens with one attached hydrogen (secondary N) is 1. The van der Waals surface area contributed by atoms with Crippen LogP contribution in [0.1, 0.15) is 29.8 Å². The number of hydrogen-bond acceptors (Lipinski definition) is 5. The number of hydrogen-bond donors (Lipinski definition) is 1. The largest absolute Gasteiger partial charge is 0.486 e. The first kappa shape index (κ1) is 17.8. The lowest BCUT2D eigenvalue weighted by atomic mass is 10.1. The minimum Gasteiger partial charge on any atom is -0.486 e. The van der Waals surface area contributed by atoms with Crippen molar-refractivity contribution in [1.29, 1.82) is 0 Å². The Morgan fingerprint density at radius 1 is 1.07 bits per heavy atom. The number of aromatic nitrogens is 1. The first-order valence-corrected chi connectivity index (χ1v) is 10.1. The van der Waals surface area contributed by atoms with Crippen LogP contribution in [0.4, 0.5) is 0 Å². The Morgan fingerprint density at radius 2 is 1.93 bits per heavy atom. The van der Waals surface area contributed by atoms with Crippen LogP contribution in [0.5, 0.6) is 11.5 Å². The summed E-state index contributed by atoms with van der Waals surface area (Å²) in [4.78, 5) is 16.7. The third-order valence-corrected chi connectivity index (χ3v) is 5.58. The molecule has 0 saturated carbocycles. The lowest BCUT2D eigenvalue weighted by Gasteiger charge is -2.19. The zero-order valence-electron chi connectivity index (χ0n) is 15.1. The molecular weight excluding hydrogens is 360 g/mol. The molecular formula is C21H22N2O3S. The van der Waals surface area contributed by atoms with E-state index in [1.807, 2.05) is 36.4 Å². The molecule has 0 fully saturated rings. The van der Waals surface area contributed by atoms with Gasteiger partial charge in [0.2, 0.25) is 5.91 Å². The number of ether oxygens (including phenoxy) is 2. The molecule has 0 unspecified atom stereocenters. The number of para-hydroxylation sites is 1. The molecule has 0 aliphatic carbocycles. The van der Waals surface area contributed by atoms with Crippen LogP contribution in [0.3, 0.4) is 0 Å². The Kier molecular flexibility index (Phi) is 5.53. The molecule has 1 aliphatic rings. The number of aryl methyl sites for hydroxylation is 1. The minimum atomic E-state index is 0.0780. The fourth-order valence-corrected chi connectivity index (χ4v) is 4.08. The molecule has 6 heteroatoms. The molecule has 0 radical (unpaired) electrons. The maximum atomic E-state index is 12.1. The predicted molar refractivity (Wildman–Crippen MR) is 106 cm³/mol. The average molecular weight is 382 g/mol. The van der Waals surface area contributed by atoms with Crippen LogP contribution >= 0.6 is 11.3 Å². The minimum absolute atomic E-state index is 0.0780. The van der Waals surface area contributed by atoms with Gasteiger partial charge in [-0.15, -0.1) is 11.3 Å². The second-order valence-electron chi connectivity index (χ2n) is 6.54. The van der Waals surface area contributed by atoms with Crippen LogP contribution in [-0.4, -0.2) is 24.1 Å². The molecule has 4 rings (SSSR count). The number of unbranched alkanes of at least 4 members (excludes halogenated alkanes) is 1. The summed E-state index contributed by atoms with van der Waals surface area (Å²) in [5.41, 5.74) is 2.08. The fourth-order valence-electron chi connectivity index (χ4n) is 3.08. The molecule has 2 aromatic carbocycles. The van der Waals surface area contributed by atoms with Crippen LogP contribution in [0.25, 0.3) is 10.2 Å². The first-order chi connectivity index (χ1) is 13.3. The highest BCUT2D eigenvalue weighted by molar-refractivity contribution is 7.18. The molecule has 2 heterocycles. The molecule has 1 aliphatic heterocycles. The Bertz CT molecular complexity index is 905. The van der Waals surface area contributed by atoms with Gasteiger partial charge in [-0.25, -0.2) is 4.98 Å². The van der Waals surface area contributed by atoms with E-state index in [-0.39, 0.29) is 5.91 Å². The molecule has 1 aromatic heterocycles. The number of carbonyl (C=O) groups is 1. The van der Waals surface area contributed by atoms with Crippen molar-refractivity contribution in [2.24, 2.45) is 0 Å². The maximum absolute atomic E-state index is 12.1. The van der Waals surface area contributed by atoms with E-state index >= 15 is 0 Å². The van der Waals surface area contributed by atoms with Crippen LogP contribution in [0.15, 0.2) is 42.5 Å². The van der Waals surface area contributed by atoms with E-state index in [4.69, 9.17) is 9.47 Å². The summed E-state index contributed by atoms with van der Waals surface area (Å²) in [7, 11) is 0. The zero-order chi connectivity index (χ0) is 18.5. The molecule has 5 nitrogen and oxygen atoms in total. The van der Waals surface area contributed by atoms with Crippen molar-refractivity contribution in [2.75, 3.05) is 13.2 Å². The van der Waals surface area contributed by atoms with Crippen molar-refractivity contribution in [2.45, 2.75) is 32.2 Å². The number of thiazole rings is 1. The van der Waals surface area contributed by atoms with Crippen LogP contribution in [-0.2, 0) is 17.8 Å². The third-order valence-electron chi connectivity index (χ3n) is 4.48. The summed E-state index contributed by atoms with van der Waals surface area (Å²) < 4.78 is 12.3. The SMILES string of the molecule is O=C(CCCCc1nc2ccccc2s1)NCc1ccc2c(c1)OCCO2. The Morgan fingerprint density at radius 3 is 2.81 bits per heavy atom. The lowest BCUT2D eigenvalue weighted by molar-refractivity contribution is -0.121. The van der Waals surface area contributed by atoms with Gasteiger partial charge in [-0.1, -0.05) is 18.2 Å². The third kappa shape index (κ3) is 4.57. The maximum Gasteiger partial charge on any atom is 0.220 e. The molecule has 1 N–H and O–H groups in total. The van der Waals surface area contributed by atoms with Gasteiger partial charge in [-0.2, -0.15) is 0 Å². The second-order valence-corrected chi connectivity index (χ2v) is 7.65. The molecule has 0 saturated heterocycles. The topological polar surface area (TPSA) is 60.5 Å². The molecule has 0 spiro atoms. The van der Waals surface area contributed by atoms with Crippen molar-refractivity contribution in [3.8, 4) is 11.5 Å². The molecule has 3 aromatic rings. The number of fused-ring (bicyclic) bond motifs is 2. The van der Waals surface area contributed by atoms with Crippen molar-refractivity contribution in [3.63, 3.8) is 0 Å². The second kappa shape index (κ2) is 8.39. The van der Waals surface area contributed by atoms with Gasteiger partial charge in [-0.05, 0) is 49.1 Å². The highest BCUT2D eigenvalue weighted by Crippen LogP contribution is 2.30. The van der Waals surface area contributed by atoms with Crippen molar-refractivity contribution < 1.29 is 14.3 Å². The van der Waals surface area contributed by atoms with E-state index in [1.165, 1.54) is 4.70 Å². The van der Waals surface area contributed by atoms with Crippen molar-refractivity contribution >= 4 is 27.5 Å². The smallest absolute Gasteiger partial charge is 0.220 e. The number of amides is 1. The standard InChI is InChI=1S/C21H22N2O3S/c24-20(22-14-15-9-10-17-18(13-15)26-12-11-25-17)7-3-4-8-21-23-16-5-1-2-6-19(16)27-21/h1-2,5-6,9-10,13H,3-4,7-8,11-12,14H2,(H,22,24). The number of benzene rings is 2. The van der Waals surface area contributed by atoms with Gasteiger partial charge in [0, 0.05) is 13.0 Å². The van der Waals surface area contributed by atoms with Crippen LogP contribution in [0, 0.1) is 0 Å². The van der Waals surface area contributed by atoms with Gasteiger partial charge < -0.3 is 14.8 Å². The van der Waals surface area contributed by atoms with E-state index in [0.29, 0.717) is 26.2 Å². The van der Waals surface area contributed by atoms with Gasteiger partial charge in [-0.3, -0.25) is 4.79 Å². The molecule has 1 amide bonds. The van der Waals surface area contributed by atoms with Gasteiger partial charge >= 0.3 is 0 Å². The Labute approximate surface area is 162 Å². The van der Waals surface area contributed by atoms with Crippen molar-refractivity contribution in [1.82, 2.24) is 10.3 Å². The first-order valence-electron chi connectivity index (χ1n) is 9.27. The molecule has 0 bridgehead atoms. The van der Waals surface area contributed by atoms with Crippen LogP contribution in [0.2, 0.25) is 0 Å². The fraction of sp³-hybridized carbons (Fsp3) is 0.333. The zero-order valence-corrected chi connectivity index (χ0v) is 15.9. The van der Waals surface area contributed by atoms with E-state index in [0.717, 1.165) is 46.8 Å². The van der Waals surface area contributed by atoms with Gasteiger partial charge in [0.1, 0.15) is 13.2 Å². The van der Waals surface area contributed by atoms with E-state index < -0.39 is 0 Å². The lowest BCUT2D eigenvalue weighted by Crippen LogP contribution is -2.22.